The Labute approximate surface area is 157 Å². The predicted molar refractivity (Wildman–Crippen MR) is 97.5 cm³/mol. The number of ether oxygens (including phenoxy) is 3. The maximum absolute atomic E-state index is 13.0. The normalized spacial score (nSPS) is 14.6. The molecule has 27 heavy (non-hydrogen) atoms. The summed E-state index contributed by atoms with van der Waals surface area (Å²) in [4.78, 5) is 0. The second kappa shape index (κ2) is 8.79. The third kappa shape index (κ3) is 5.64. The Balaban J connectivity index is 1.50. The summed E-state index contributed by atoms with van der Waals surface area (Å²) in [5, 5.41) is 8.13. The van der Waals surface area contributed by atoms with E-state index in [0.717, 1.165) is 12.2 Å². The first-order valence-electron chi connectivity index (χ1n) is 9.10. The summed E-state index contributed by atoms with van der Waals surface area (Å²) in [6.07, 6.45) is 2.34. The zero-order valence-corrected chi connectivity index (χ0v) is 15.2. The highest BCUT2D eigenvalue weighted by Gasteiger charge is 2.43. The van der Waals surface area contributed by atoms with Gasteiger partial charge in [0.05, 0.1) is 18.0 Å². The van der Waals surface area contributed by atoms with Crippen molar-refractivity contribution in [2.45, 2.75) is 45.3 Å². The molecule has 0 unspecified atom stereocenters. The molecule has 1 aliphatic rings. The van der Waals surface area contributed by atoms with Crippen molar-refractivity contribution in [1.82, 2.24) is 0 Å². The van der Waals surface area contributed by atoms with Crippen molar-refractivity contribution in [3.63, 3.8) is 0 Å². The second-order valence-corrected chi connectivity index (χ2v) is 6.26. The van der Waals surface area contributed by atoms with Crippen LogP contribution in [0.5, 0.6) is 17.2 Å². The first kappa shape index (κ1) is 19.1. The number of rotatable bonds is 9. The van der Waals surface area contributed by atoms with Gasteiger partial charge in [-0.05, 0) is 42.8 Å². The molecule has 0 amide bonds. The molecule has 2 aromatic carbocycles. The van der Waals surface area contributed by atoms with Crippen LogP contribution in [0.1, 0.15) is 39.0 Å². The summed E-state index contributed by atoms with van der Waals surface area (Å²) < 4.78 is 40.5. The molecule has 0 saturated heterocycles. The van der Waals surface area contributed by atoms with Gasteiger partial charge >= 0.3 is 6.29 Å². The van der Waals surface area contributed by atoms with Crippen molar-refractivity contribution < 1.29 is 23.0 Å². The fraction of sp³-hybridized carbons (Fsp3) is 0.400. The smallest absolute Gasteiger partial charge is 0.494 e. The van der Waals surface area contributed by atoms with Gasteiger partial charge in [0.1, 0.15) is 5.75 Å². The molecule has 0 aromatic heterocycles. The second-order valence-electron chi connectivity index (χ2n) is 6.26. The fourth-order valence-corrected chi connectivity index (χ4v) is 2.62. The number of unbranched alkanes of at least 4 members (excludes halogenated alkanes) is 4. The van der Waals surface area contributed by atoms with Crippen LogP contribution in [0.4, 0.5) is 20.2 Å². The molecule has 0 N–H and O–H groups in total. The molecule has 0 fully saturated rings. The lowest BCUT2D eigenvalue weighted by Crippen LogP contribution is -2.25. The van der Waals surface area contributed by atoms with Crippen molar-refractivity contribution in [2.75, 3.05) is 6.61 Å². The van der Waals surface area contributed by atoms with E-state index in [1.165, 1.54) is 43.9 Å². The SMILES string of the molecule is CCCCCCCOc1ccc(N=Nc2ccc3c(c2)OC(F)(F)O3)cc1. The average molecular weight is 376 g/mol. The highest BCUT2D eigenvalue weighted by molar-refractivity contribution is 5.53. The van der Waals surface area contributed by atoms with Crippen LogP contribution in [-0.4, -0.2) is 12.9 Å². The summed E-state index contributed by atoms with van der Waals surface area (Å²) in [5.41, 5.74) is 1.02. The molecule has 1 heterocycles. The van der Waals surface area contributed by atoms with Crippen molar-refractivity contribution >= 4 is 11.4 Å². The molecule has 0 spiro atoms. The van der Waals surface area contributed by atoms with Crippen LogP contribution < -0.4 is 14.2 Å². The van der Waals surface area contributed by atoms with E-state index in [2.05, 4.69) is 26.6 Å². The topological polar surface area (TPSA) is 52.4 Å². The van der Waals surface area contributed by atoms with Crippen LogP contribution in [0.15, 0.2) is 52.7 Å². The molecule has 144 valence electrons. The van der Waals surface area contributed by atoms with E-state index in [0.29, 0.717) is 18.0 Å². The molecular weight excluding hydrogens is 354 g/mol. The number of nitrogens with zero attached hydrogens (tertiary/aromatic N) is 2. The molecule has 1 aliphatic heterocycles. The lowest BCUT2D eigenvalue weighted by Gasteiger charge is -2.06. The molecule has 0 radical (unpaired) electrons. The van der Waals surface area contributed by atoms with Crippen LogP contribution >= 0.6 is 0 Å². The van der Waals surface area contributed by atoms with Gasteiger partial charge in [-0.2, -0.15) is 10.2 Å². The largest absolute Gasteiger partial charge is 0.586 e. The first-order valence-corrected chi connectivity index (χ1v) is 9.10. The Morgan fingerprint density at radius 3 is 2.30 bits per heavy atom. The monoisotopic (exact) mass is 376 g/mol. The van der Waals surface area contributed by atoms with Crippen molar-refractivity contribution in [2.24, 2.45) is 10.2 Å². The predicted octanol–water partition coefficient (Wildman–Crippen LogP) is 6.77. The van der Waals surface area contributed by atoms with Gasteiger partial charge in [0, 0.05) is 6.07 Å². The standard InChI is InChI=1S/C20H22F2N2O3/c1-2-3-4-5-6-13-25-17-10-7-15(8-11-17)23-24-16-9-12-18-19(14-16)27-20(21,22)26-18/h7-12,14H,2-6,13H2,1H3. The fourth-order valence-electron chi connectivity index (χ4n) is 2.62. The lowest BCUT2D eigenvalue weighted by molar-refractivity contribution is -0.286. The zero-order chi connectivity index (χ0) is 19.1. The molecule has 2 aromatic rings. The van der Waals surface area contributed by atoms with E-state index in [1.807, 2.05) is 12.1 Å². The van der Waals surface area contributed by atoms with Crippen LogP contribution in [0.2, 0.25) is 0 Å². The van der Waals surface area contributed by atoms with E-state index >= 15 is 0 Å². The number of azo groups is 1. The van der Waals surface area contributed by atoms with Gasteiger partial charge in [-0.3, -0.25) is 0 Å². The maximum Gasteiger partial charge on any atom is 0.586 e. The van der Waals surface area contributed by atoms with E-state index in [4.69, 9.17) is 4.74 Å². The number of fused-ring (bicyclic) bond motifs is 1. The number of hydrogen-bond acceptors (Lipinski definition) is 5. The Morgan fingerprint density at radius 1 is 0.852 bits per heavy atom. The van der Waals surface area contributed by atoms with Crippen LogP contribution in [-0.2, 0) is 0 Å². The van der Waals surface area contributed by atoms with E-state index < -0.39 is 6.29 Å². The number of halogens is 2. The third-order valence-electron chi connectivity index (χ3n) is 4.02. The molecular formula is C20H22F2N2O3. The van der Waals surface area contributed by atoms with Crippen LogP contribution in [0.3, 0.4) is 0 Å². The molecule has 0 saturated carbocycles. The summed E-state index contributed by atoms with van der Waals surface area (Å²) in [6, 6.07) is 11.5. The number of alkyl halides is 2. The van der Waals surface area contributed by atoms with Gasteiger partial charge in [-0.1, -0.05) is 32.6 Å². The summed E-state index contributed by atoms with van der Waals surface area (Å²) in [5.74, 6) is 0.712. The van der Waals surface area contributed by atoms with Crippen molar-refractivity contribution in [3.8, 4) is 17.2 Å². The Hall–Kier alpha value is -2.70. The number of benzene rings is 2. The third-order valence-corrected chi connectivity index (χ3v) is 4.02. The Kier molecular flexibility index (Phi) is 6.21. The van der Waals surface area contributed by atoms with Gasteiger partial charge in [-0.25, -0.2) is 0 Å². The van der Waals surface area contributed by atoms with Gasteiger partial charge in [0.15, 0.2) is 11.5 Å². The van der Waals surface area contributed by atoms with E-state index in [9.17, 15) is 8.78 Å². The maximum atomic E-state index is 13.0. The Bertz CT molecular complexity index is 779. The molecule has 7 heteroatoms. The molecule has 0 aliphatic carbocycles. The van der Waals surface area contributed by atoms with E-state index in [1.54, 1.807) is 12.1 Å². The minimum absolute atomic E-state index is 0.0184. The van der Waals surface area contributed by atoms with Crippen LogP contribution in [0, 0.1) is 0 Å². The highest BCUT2D eigenvalue weighted by Crippen LogP contribution is 2.42. The molecule has 3 rings (SSSR count). The lowest BCUT2D eigenvalue weighted by atomic mass is 10.2. The van der Waals surface area contributed by atoms with Gasteiger partial charge in [0.2, 0.25) is 0 Å². The van der Waals surface area contributed by atoms with Crippen LogP contribution in [0.25, 0.3) is 0 Å². The average Bonchev–Trinajstić information content (AvgIpc) is 2.97. The minimum Gasteiger partial charge on any atom is -0.494 e. The zero-order valence-electron chi connectivity index (χ0n) is 15.2. The van der Waals surface area contributed by atoms with Gasteiger partial charge < -0.3 is 14.2 Å². The summed E-state index contributed by atoms with van der Waals surface area (Å²) in [6.45, 7) is 2.90. The number of hydrogen-bond donors (Lipinski definition) is 0. The van der Waals surface area contributed by atoms with Crippen molar-refractivity contribution in [3.05, 3.63) is 42.5 Å². The summed E-state index contributed by atoms with van der Waals surface area (Å²) in [7, 11) is 0. The van der Waals surface area contributed by atoms with Crippen molar-refractivity contribution in [1.29, 1.82) is 0 Å². The highest BCUT2D eigenvalue weighted by atomic mass is 19.3. The van der Waals surface area contributed by atoms with Gasteiger partial charge in [0.25, 0.3) is 0 Å². The first-order chi connectivity index (χ1) is 13.1. The molecule has 0 bridgehead atoms. The van der Waals surface area contributed by atoms with Gasteiger partial charge in [-0.15, -0.1) is 8.78 Å². The summed E-state index contributed by atoms with van der Waals surface area (Å²) >= 11 is 0. The Morgan fingerprint density at radius 2 is 1.52 bits per heavy atom. The van der Waals surface area contributed by atoms with E-state index in [-0.39, 0.29) is 11.5 Å². The minimum atomic E-state index is -3.63. The quantitative estimate of drug-likeness (QED) is 0.358. The molecule has 0 atom stereocenters. The molecule has 5 nitrogen and oxygen atoms in total.